The molecule has 0 unspecified atom stereocenters. The molecule has 4 nitrogen and oxygen atoms in total. The molecule has 6 heteroatoms. The fourth-order valence-corrected chi connectivity index (χ4v) is 3.74. The van der Waals surface area contributed by atoms with Gasteiger partial charge < -0.3 is 5.32 Å². The van der Waals surface area contributed by atoms with Crippen LogP contribution in [0.15, 0.2) is 60.1 Å². The molecule has 0 fully saturated rings. The third kappa shape index (κ3) is 3.48. The monoisotopic (exact) mass is 379 g/mol. The highest BCUT2D eigenvalue weighted by Crippen LogP contribution is 2.27. The number of nitrogens with one attached hydrogen (secondary N) is 1. The first-order chi connectivity index (χ1) is 13.1. The van der Waals surface area contributed by atoms with E-state index in [0.29, 0.717) is 24.2 Å². The fourth-order valence-electron chi connectivity index (χ4n) is 3.03. The van der Waals surface area contributed by atoms with Gasteiger partial charge in [-0.05, 0) is 25.0 Å². The molecule has 2 heterocycles. The van der Waals surface area contributed by atoms with Crippen LogP contribution in [-0.4, -0.2) is 21.8 Å². The Kier molecular flexibility index (Phi) is 4.73. The van der Waals surface area contributed by atoms with E-state index in [4.69, 9.17) is 0 Å². The Morgan fingerprint density at radius 3 is 2.74 bits per heavy atom. The van der Waals surface area contributed by atoms with E-state index >= 15 is 0 Å². The molecule has 0 atom stereocenters. The summed E-state index contributed by atoms with van der Waals surface area (Å²) in [6.07, 6.45) is 2.35. The molecule has 1 N–H and O–H groups in total. The summed E-state index contributed by atoms with van der Waals surface area (Å²) in [5.74, 6) is -0.507. The highest BCUT2D eigenvalue weighted by molar-refractivity contribution is 7.15. The number of benzene rings is 2. The third-order valence-electron chi connectivity index (χ3n) is 4.44. The van der Waals surface area contributed by atoms with Crippen molar-refractivity contribution in [2.24, 2.45) is 0 Å². The van der Waals surface area contributed by atoms with Crippen LogP contribution in [0.25, 0.3) is 16.2 Å². The first-order valence-electron chi connectivity index (χ1n) is 8.67. The van der Waals surface area contributed by atoms with E-state index < -0.39 is 0 Å². The number of fused-ring (bicyclic) bond motifs is 1. The Bertz CT molecular complexity index is 1100. The minimum absolute atomic E-state index is 0.252. The molecule has 4 rings (SSSR count). The lowest BCUT2D eigenvalue weighted by molar-refractivity contribution is 0.0950. The number of carbonyl (C=O) groups is 1. The number of carbonyl (C=O) groups excluding carboxylic acids is 1. The van der Waals surface area contributed by atoms with Gasteiger partial charge in [0.15, 0.2) is 10.7 Å². The lowest BCUT2D eigenvalue weighted by Gasteiger charge is -2.07. The molecule has 0 aliphatic rings. The number of hydrogen-bond donors (Lipinski definition) is 1. The molecular weight excluding hydrogens is 361 g/mol. The number of halogens is 1. The number of rotatable bonds is 5. The van der Waals surface area contributed by atoms with Gasteiger partial charge in [-0.15, -0.1) is 11.3 Å². The highest BCUT2D eigenvalue weighted by Gasteiger charge is 2.20. The van der Waals surface area contributed by atoms with Crippen molar-refractivity contribution in [2.45, 2.75) is 13.3 Å². The van der Waals surface area contributed by atoms with Crippen LogP contribution >= 0.6 is 11.3 Å². The number of amides is 1. The average Bonchev–Trinajstić information content (AvgIpc) is 3.25. The molecule has 2 aromatic carbocycles. The summed E-state index contributed by atoms with van der Waals surface area (Å²) in [4.78, 5) is 18.1. The van der Waals surface area contributed by atoms with Gasteiger partial charge in [-0.2, -0.15) is 0 Å². The summed E-state index contributed by atoms with van der Waals surface area (Å²) in [5, 5.41) is 4.81. The predicted molar refractivity (Wildman–Crippen MR) is 106 cm³/mol. The second-order valence-electron chi connectivity index (χ2n) is 6.33. The van der Waals surface area contributed by atoms with Crippen LogP contribution < -0.4 is 5.32 Å². The van der Waals surface area contributed by atoms with Crippen LogP contribution in [0.5, 0.6) is 0 Å². The molecule has 27 heavy (non-hydrogen) atoms. The largest absolute Gasteiger partial charge is 0.350 e. The van der Waals surface area contributed by atoms with Gasteiger partial charge in [-0.3, -0.25) is 9.20 Å². The number of thiazole rings is 1. The van der Waals surface area contributed by atoms with Gasteiger partial charge in [0.25, 0.3) is 5.91 Å². The van der Waals surface area contributed by atoms with E-state index in [2.05, 4.69) is 10.3 Å². The molecule has 0 aliphatic carbocycles. The number of aryl methyl sites for hydroxylation is 1. The summed E-state index contributed by atoms with van der Waals surface area (Å²) in [6, 6.07) is 14.6. The van der Waals surface area contributed by atoms with Crippen LogP contribution in [0.4, 0.5) is 4.39 Å². The summed E-state index contributed by atoms with van der Waals surface area (Å²) in [7, 11) is 0. The quantitative estimate of drug-likeness (QED) is 0.556. The number of imidazole rings is 1. The van der Waals surface area contributed by atoms with Gasteiger partial charge in [-0.1, -0.05) is 48.0 Å². The van der Waals surface area contributed by atoms with Crippen molar-refractivity contribution in [2.75, 3.05) is 6.54 Å². The van der Waals surface area contributed by atoms with E-state index in [1.165, 1.54) is 17.4 Å². The van der Waals surface area contributed by atoms with Crippen molar-refractivity contribution in [3.8, 4) is 11.3 Å². The van der Waals surface area contributed by atoms with Gasteiger partial charge in [0, 0.05) is 23.7 Å². The van der Waals surface area contributed by atoms with Crippen molar-refractivity contribution in [1.82, 2.24) is 14.7 Å². The minimum atomic E-state index is -0.255. The molecule has 0 radical (unpaired) electrons. The second-order valence-corrected chi connectivity index (χ2v) is 7.20. The molecule has 2 aromatic heterocycles. The molecule has 0 bridgehead atoms. The van der Waals surface area contributed by atoms with E-state index in [1.807, 2.05) is 47.2 Å². The van der Waals surface area contributed by atoms with Crippen LogP contribution in [0.1, 0.15) is 21.6 Å². The standard InChI is InChI=1S/C21H18FN3OS/c1-14-6-8-16(9-7-14)19-18(24-21-25(19)12-13-27-21)20(26)23-11-10-15-4-2-3-5-17(15)22/h2-9,12-13H,10-11H2,1H3,(H,23,26). The van der Waals surface area contributed by atoms with Crippen molar-refractivity contribution in [3.05, 3.63) is 82.7 Å². The maximum atomic E-state index is 13.7. The van der Waals surface area contributed by atoms with E-state index in [1.54, 1.807) is 18.2 Å². The molecule has 4 aromatic rings. The number of aromatic nitrogens is 2. The Morgan fingerprint density at radius 1 is 1.19 bits per heavy atom. The summed E-state index contributed by atoms with van der Waals surface area (Å²) < 4.78 is 15.7. The third-order valence-corrected chi connectivity index (χ3v) is 5.20. The van der Waals surface area contributed by atoms with Crippen LogP contribution in [0.3, 0.4) is 0 Å². The van der Waals surface area contributed by atoms with Gasteiger partial charge in [0.05, 0.1) is 5.69 Å². The molecule has 0 spiro atoms. The second kappa shape index (κ2) is 7.32. The first-order valence-corrected chi connectivity index (χ1v) is 9.55. The van der Waals surface area contributed by atoms with Crippen LogP contribution in [0.2, 0.25) is 0 Å². The van der Waals surface area contributed by atoms with Crippen molar-refractivity contribution in [1.29, 1.82) is 0 Å². The lowest BCUT2D eigenvalue weighted by atomic mass is 10.1. The maximum Gasteiger partial charge on any atom is 0.272 e. The zero-order valence-corrected chi connectivity index (χ0v) is 15.6. The zero-order chi connectivity index (χ0) is 18.8. The minimum Gasteiger partial charge on any atom is -0.350 e. The molecule has 0 saturated heterocycles. The summed E-state index contributed by atoms with van der Waals surface area (Å²) in [6.45, 7) is 2.37. The number of hydrogen-bond acceptors (Lipinski definition) is 3. The Labute approximate surface area is 160 Å². The first kappa shape index (κ1) is 17.4. The SMILES string of the molecule is Cc1ccc(-c2c(C(=O)NCCc3ccccc3F)nc3sccn23)cc1. The Hall–Kier alpha value is -2.99. The predicted octanol–water partition coefficient (Wildman–Crippen LogP) is 4.48. The normalized spacial score (nSPS) is 11.0. The lowest BCUT2D eigenvalue weighted by Crippen LogP contribution is -2.26. The average molecular weight is 379 g/mol. The molecule has 1 amide bonds. The Morgan fingerprint density at radius 2 is 1.96 bits per heavy atom. The maximum absolute atomic E-state index is 13.7. The number of nitrogens with zero attached hydrogens (tertiary/aromatic N) is 2. The van der Waals surface area contributed by atoms with Crippen molar-refractivity contribution in [3.63, 3.8) is 0 Å². The molecule has 136 valence electrons. The van der Waals surface area contributed by atoms with Crippen LogP contribution in [-0.2, 0) is 6.42 Å². The molecule has 0 aliphatic heterocycles. The van der Waals surface area contributed by atoms with Crippen molar-refractivity contribution >= 4 is 22.2 Å². The Balaban J connectivity index is 1.58. The summed E-state index contributed by atoms with van der Waals surface area (Å²) in [5.41, 5.74) is 3.84. The van der Waals surface area contributed by atoms with Gasteiger partial charge in [0.2, 0.25) is 0 Å². The van der Waals surface area contributed by atoms with Crippen molar-refractivity contribution < 1.29 is 9.18 Å². The molecule has 0 saturated carbocycles. The topological polar surface area (TPSA) is 46.4 Å². The van der Waals surface area contributed by atoms with E-state index in [9.17, 15) is 9.18 Å². The van der Waals surface area contributed by atoms with Gasteiger partial charge in [0.1, 0.15) is 5.82 Å². The zero-order valence-electron chi connectivity index (χ0n) is 14.8. The summed E-state index contributed by atoms with van der Waals surface area (Å²) >= 11 is 1.48. The van der Waals surface area contributed by atoms with Crippen LogP contribution in [0, 0.1) is 12.7 Å². The van der Waals surface area contributed by atoms with E-state index in [0.717, 1.165) is 21.8 Å². The molecular formula is C21H18FN3OS. The van der Waals surface area contributed by atoms with Gasteiger partial charge >= 0.3 is 0 Å². The fraction of sp³-hybridized carbons (Fsp3) is 0.143. The van der Waals surface area contributed by atoms with Gasteiger partial charge in [-0.25, -0.2) is 9.37 Å². The van der Waals surface area contributed by atoms with E-state index in [-0.39, 0.29) is 11.7 Å². The highest BCUT2D eigenvalue weighted by atomic mass is 32.1. The smallest absolute Gasteiger partial charge is 0.272 e.